The van der Waals surface area contributed by atoms with Gasteiger partial charge in [-0.15, -0.1) is 0 Å². The normalized spacial score (nSPS) is 14.8. The third-order valence-electron chi connectivity index (χ3n) is 3.29. The molecule has 5 nitrogen and oxygen atoms in total. The second kappa shape index (κ2) is 7.22. The summed E-state index contributed by atoms with van der Waals surface area (Å²) in [7, 11) is 0. The Labute approximate surface area is 125 Å². The molecule has 2 rings (SSSR count). The minimum Gasteiger partial charge on any atom is -0.463 e. The van der Waals surface area contributed by atoms with Crippen LogP contribution >= 0.6 is 0 Å². The standard InChI is InChI=1S/C16H22N2O3/c1-12(2)21-16(20)8-7-13-3-5-14(6-4-13)11-18-15(19)9-10-17-18/h3-6,12,17H,7-11H2,1-2H3. The maximum atomic E-state index is 11.5. The van der Waals surface area contributed by atoms with Gasteiger partial charge in [0.1, 0.15) is 0 Å². The highest BCUT2D eigenvalue weighted by molar-refractivity contribution is 5.77. The molecule has 0 spiro atoms. The Morgan fingerprint density at radius 2 is 1.95 bits per heavy atom. The molecule has 1 fully saturated rings. The van der Waals surface area contributed by atoms with Gasteiger partial charge in [0.05, 0.1) is 12.6 Å². The van der Waals surface area contributed by atoms with Crippen molar-refractivity contribution in [3.05, 3.63) is 35.4 Å². The van der Waals surface area contributed by atoms with Crippen molar-refractivity contribution in [3.63, 3.8) is 0 Å². The first-order valence-electron chi connectivity index (χ1n) is 7.36. The number of carbonyl (C=O) groups is 2. The predicted molar refractivity (Wildman–Crippen MR) is 79.2 cm³/mol. The summed E-state index contributed by atoms with van der Waals surface area (Å²) in [5, 5.41) is 1.65. The predicted octanol–water partition coefficient (Wildman–Crippen LogP) is 1.81. The Kier molecular flexibility index (Phi) is 5.33. The zero-order valence-electron chi connectivity index (χ0n) is 12.6. The van der Waals surface area contributed by atoms with E-state index in [1.807, 2.05) is 38.1 Å². The summed E-state index contributed by atoms with van der Waals surface area (Å²) < 4.78 is 5.10. The van der Waals surface area contributed by atoms with E-state index in [0.717, 1.165) is 17.7 Å². The van der Waals surface area contributed by atoms with Crippen LogP contribution in [0.2, 0.25) is 0 Å². The molecule has 0 aliphatic carbocycles. The number of benzene rings is 1. The van der Waals surface area contributed by atoms with Crippen LogP contribution in [0, 0.1) is 0 Å². The van der Waals surface area contributed by atoms with Gasteiger partial charge in [0.25, 0.3) is 0 Å². The SMILES string of the molecule is CC(C)OC(=O)CCc1ccc(CN2NCCC2=O)cc1. The molecule has 1 aliphatic heterocycles. The summed E-state index contributed by atoms with van der Waals surface area (Å²) in [5.74, 6) is -0.0311. The summed E-state index contributed by atoms with van der Waals surface area (Å²) in [4.78, 5) is 23.0. The Hall–Kier alpha value is -1.88. The van der Waals surface area contributed by atoms with E-state index >= 15 is 0 Å². The molecule has 0 atom stereocenters. The first-order valence-corrected chi connectivity index (χ1v) is 7.36. The van der Waals surface area contributed by atoms with E-state index in [2.05, 4.69) is 5.43 Å². The van der Waals surface area contributed by atoms with E-state index in [4.69, 9.17) is 4.74 Å². The van der Waals surface area contributed by atoms with Crippen LogP contribution in [0.3, 0.4) is 0 Å². The van der Waals surface area contributed by atoms with Crippen molar-refractivity contribution < 1.29 is 14.3 Å². The van der Waals surface area contributed by atoms with E-state index < -0.39 is 0 Å². The number of nitrogens with zero attached hydrogens (tertiary/aromatic N) is 1. The smallest absolute Gasteiger partial charge is 0.306 e. The highest BCUT2D eigenvalue weighted by Gasteiger charge is 2.19. The quantitative estimate of drug-likeness (QED) is 0.812. The number of amides is 1. The van der Waals surface area contributed by atoms with Gasteiger partial charge in [0.2, 0.25) is 5.91 Å². The molecule has 1 aromatic carbocycles. The number of aryl methyl sites for hydroxylation is 1. The lowest BCUT2D eigenvalue weighted by Gasteiger charge is -2.15. The fourth-order valence-electron chi connectivity index (χ4n) is 2.23. The van der Waals surface area contributed by atoms with Gasteiger partial charge in [-0.2, -0.15) is 0 Å². The van der Waals surface area contributed by atoms with Gasteiger partial charge in [-0.1, -0.05) is 24.3 Å². The highest BCUT2D eigenvalue weighted by atomic mass is 16.5. The average molecular weight is 290 g/mol. The maximum absolute atomic E-state index is 11.5. The van der Waals surface area contributed by atoms with Crippen molar-refractivity contribution in [2.24, 2.45) is 0 Å². The number of ether oxygens (including phenoxy) is 1. The number of hydrogen-bond donors (Lipinski definition) is 1. The van der Waals surface area contributed by atoms with E-state index in [1.165, 1.54) is 0 Å². The third kappa shape index (κ3) is 4.86. The van der Waals surface area contributed by atoms with Crippen LogP contribution < -0.4 is 5.43 Å². The molecule has 1 saturated heterocycles. The molecule has 114 valence electrons. The minimum atomic E-state index is -0.166. The van der Waals surface area contributed by atoms with Gasteiger partial charge >= 0.3 is 5.97 Å². The van der Waals surface area contributed by atoms with Crippen molar-refractivity contribution in [3.8, 4) is 0 Å². The molecule has 0 bridgehead atoms. The molecule has 1 heterocycles. The van der Waals surface area contributed by atoms with Crippen molar-refractivity contribution in [1.29, 1.82) is 0 Å². The van der Waals surface area contributed by atoms with Gasteiger partial charge in [-0.3, -0.25) is 14.6 Å². The first kappa shape index (κ1) is 15.5. The number of nitrogens with one attached hydrogen (secondary N) is 1. The minimum absolute atomic E-state index is 0.0645. The number of hydrogen-bond acceptors (Lipinski definition) is 4. The molecule has 1 aliphatic rings. The molecule has 0 unspecified atom stereocenters. The number of hydrazine groups is 1. The summed E-state index contributed by atoms with van der Waals surface area (Å²) >= 11 is 0. The van der Waals surface area contributed by atoms with Crippen LogP contribution in [0.5, 0.6) is 0 Å². The van der Waals surface area contributed by atoms with Gasteiger partial charge < -0.3 is 4.74 Å². The number of rotatable bonds is 6. The van der Waals surface area contributed by atoms with Crippen LogP contribution in [0.25, 0.3) is 0 Å². The van der Waals surface area contributed by atoms with Crippen molar-refractivity contribution in [2.75, 3.05) is 6.54 Å². The molecule has 1 amide bonds. The van der Waals surface area contributed by atoms with Crippen LogP contribution in [0.1, 0.15) is 37.8 Å². The van der Waals surface area contributed by atoms with Gasteiger partial charge in [0, 0.05) is 19.4 Å². The highest BCUT2D eigenvalue weighted by Crippen LogP contribution is 2.11. The molecule has 21 heavy (non-hydrogen) atoms. The van der Waals surface area contributed by atoms with Gasteiger partial charge in [-0.05, 0) is 31.4 Å². The molecule has 5 heteroatoms. The number of carbonyl (C=O) groups excluding carboxylic acids is 2. The maximum Gasteiger partial charge on any atom is 0.306 e. The van der Waals surface area contributed by atoms with Gasteiger partial charge in [-0.25, -0.2) is 5.43 Å². The zero-order chi connectivity index (χ0) is 15.2. The Bertz CT molecular complexity index is 497. The molecule has 0 saturated carbocycles. The molecule has 1 N–H and O–H groups in total. The van der Waals surface area contributed by atoms with Crippen LogP contribution in [-0.4, -0.2) is 29.5 Å². The zero-order valence-corrected chi connectivity index (χ0v) is 12.6. The second-order valence-corrected chi connectivity index (χ2v) is 5.49. The second-order valence-electron chi connectivity index (χ2n) is 5.49. The largest absolute Gasteiger partial charge is 0.463 e. The number of esters is 1. The first-order chi connectivity index (χ1) is 10.0. The van der Waals surface area contributed by atoms with E-state index in [1.54, 1.807) is 5.01 Å². The lowest BCUT2D eigenvalue weighted by Crippen LogP contribution is -2.33. The molecule has 0 aromatic heterocycles. The summed E-state index contributed by atoms with van der Waals surface area (Å²) in [6.07, 6.45) is 1.57. The Morgan fingerprint density at radius 3 is 2.52 bits per heavy atom. The fraction of sp³-hybridized carbons (Fsp3) is 0.500. The van der Waals surface area contributed by atoms with Crippen molar-refractivity contribution >= 4 is 11.9 Å². The molecule has 1 aromatic rings. The Morgan fingerprint density at radius 1 is 1.29 bits per heavy atom. The monoisotopic (exact) mass is 290 g/mol. The third-order valence-corrected chi connectivity index (χ3v) is 3.29. The average Bonchev–Trinajstić information content (AvgIpc) is 2.83. The van der Waals surface area contributed by atoms with E-state index in [-0.39, 0.29) is 18.0 Å². The Balaban J connectivity index is 1.81. The fourth-order valence-corrected chi connectivity index (χ4v) is 2.23. The molecular formula is C16H22N2O3. The summed E-state index contributed by atoms with van der Waals surface area (Å²) in [5.41, 5.74) is 5.22. The van der Waals surface area contributed by atoms with Crippen molar-refractivity contribution in [1.82, 2.24) is 10.4 Å². The lowest BCUT2D eigenvalue weighted by atomic mass is 10.1. The van der Waals surface area contributed by atoms with E-state index in [0.29, 0.717) is 25.8 Å². The lowest BCUT2D eigenvalue weighted by molar-refractivity contribution is -0.147. The summed E-state index contributed by atoms with van der Waals surface area (Å²) in [6, 6.07) is 7.99. The van der Waals surface area contributed by atoms with Crippen LogP contribution in [0.4, 0.5) is 0 Å². The van der Waals surface area contributed by atoms with Crippen molar-refractivity contribution in [2.45, 2.75) is 45.8 Å². The van der Waals surface area contributed by atoms with E-state index in [9.17, 15) is 9.59 Å². The van der Waals surface area contributed by atoms with Crippen LogP contribution in [-0.2, 0) is 27.3 Å². The van der Waals surface area contributed by atoms with Crippen LogP contribution in [0.15, 0.2) is 24.3 Å². The van der Waals surface area contributed by atoms with Gasteiger partial charge in [0.15, 0.2) is 0 Å². The molecular weight excluding hydrogens is 268 g/mol. The molecule has 0 radical (unpaired) electrons. The summed E-state index contributed by atoms with van der Waals surface area (Å²) in [6.45, 7) is 4.99. The topological polar surface area (TPSA) is 58.6 Å².